The number of hydrogen-bond donors (Lipinski definition) is 3. The minimum absolute atomic E-state index is 0.0542. The van der Waals surface area contributed by atoms with E-state index in [9.17, 15) is 9.90 Å². The second-order valence-corrected chi connectivity index (χ2v) is 7.68. The van der Waals surface area contributed by atoms with Crippen molar-refractivity contribution in [2.24, 2.45) is 0 Å². The summed E-state index contributed by atoms with van der Waals surface area (Å²) in [6, 6.07) is 14.9. The van der Waals surface area contributed by atoms with Crippen LogP contribution in [0.4, 0.5) is 11.6 Å². The van der Waals surface area contributed by atoms with Crippen LogP contribution in [0.3, 0.4) is 0 Å². The summed E-state index contributed by atoms with van der Waals surface area (Å²) in [5.41, 5.74) is 3.69. The van der Waals surface area contributed by atoms with Crippen molar-refractivity contribution in [3.8, 4) is 22.4 Å². The van der Waals surface area contributed by atoms with Gasteiger partial charge in [-0.3, -0.25) is 9.78 Å². The van der Waals surface area contributed by atoms with Gasteiger partial charge in [0, 0.05) is 19.1 Å². The Kier molecular flexibility index (Phi) is 6.12. The average Bonchev–Trinajstić information content (AvgIpc) is 2.84. The van der Waals surface area contributed by atoms with E-state index < -0.39 is 0 Å². The second kappa shape index (κ2) is 9.13. The van der Waals surface area contributed by atoms with E-state index in [4.69, 9.17) is 11.6 Å². The Morgan fingerprint density at radius 1 is 1.13 bits per heavy atom. The summed E-state index contributed by atoms with van der Waals surface area (Å²) >= 11 is 0. The molecule has 158 valence electrons. The number of piperidine rings is 1. The van der Waals surface area contributed by atoms with Crippen molar-refractivity contribution >= 4 is 11.6 Å². The van der Waals surface area contributed by atoms with Crippen molar-refractivity contribution in [2.75, 3.05) is 25.0 Å². The molecule has 1 saturated heterocycles. The molecule has 1 aliphatic rings. The van der Waals surface area contributed by atoms with E-state index in [-0.39, 0.29) is 12.2 Å². The number of anilines is 1. The maximum atomic E-state index is 13.2. The second-order valence-electron chi connectivity index (χ2n) is 7.68. The molecule has 7 nitrogen and oxygen atoms in total. The summed E-state index contributed by atoms with van der Waals surface area (Å²) < 4.78 is 0. The lowest BCUT2D eigenvalue weighted by Gasteiger charge is -2.32. The molecule has 1 fully saturated rings. The van der Waals surface area contributed by atoms with Crippen molar-refractivity contribution < 1.29 is 5.11 Å². The van der Waals surface area contributed by atoms with Crippen LogP contribution < -0.4 is 15.8 Å². The number of aromatic amines is 1. The Bertz CT molecular complexity index is 1140. The Balaban J connectivity index is 1.81. The van der Waals surface area contributed by atoms with Gasteiger partial charge in [-0.1, -0.05) is 48.5 Å². The van der Waals surface area contributed by atoms with E-state index in [1.165, 1.54) is 0 Å². The molecule has 7 heteroatoms. The molecule has 1 aromatic heterocycles. The minimum Gasteiger partial charge on any atom is -0.392 e. The quantitative estimate of drug-likeness (QED) is 0.557. The summed E-state index contributed by atoms with van der Waals surface area (Å²) in [5.74, 6) is 0.569. The summed E-state index contributed by atoms with van der Waals surface area (Å²) in [6.07, 6.45) is 1.97. The molecule has 4 rings (SSSR count). The van der Waals surface area contributed by atoms with Gasteiger partial charge in [-0.05, 0) is 36.6 Å². The van der Waals surface area contributed by atoms with E-state index in [0.717, 1.165) is 42.6 Å². The number of aliphatic hydroxyl groups is 1. The van der Waals surface area contributed by atoms with Crippen LogP contribution in [0, 0.1) is 6.57 Å². The zero-order chi connectivity index (χ0) is 21.8. The number of nitrogens with zero attached hydrogens (tertiary/aromatic N) is 3. The molecule has 2 aromatic carbocycles. The first-order chi connectivity index (χ1) is 15.1. The minimum atomic E-state index is -0.207. The first-order valence-electron chi connectivity index (χ1n) is 10.4. The average molecular weight is 415 g/mol. The van der Waals surface area contributed by atoms with E-state index in [0.29, 0.717) is 28.9 Å². The standard InChI is InChI=1S/C24H25N5O2/c1-25-19-9-7-18(8-10-19)22-21(17-5-3-16(15-30)4-6-17)23(31)28-24(27-22)29-13-11-20(26-2)12-14-29/h3-10,20,26,30H,11-15H2,2H3,(H,27,28,31). The van der Waals surface area contributed by atoms with Gasteiger partial charge < -0.3 is 15.3 Å². The molecule has 3 N–H and O–H groups in total. The van der Waals surface area contributed by atoms with Crippen molar-refractivity contribution in [1.82, 2.24) is 15.3 Å². The highest BCUT2D eigenvalue weighted by Crippen LogP contribution is 2.31. The van der Waals surface area contributed by atoms with Gasteiger partial charge in [-0.15, -0.1) is 0 Å². The van der Waals surface area contributed by atoms with E-state index in [1.807, 2.05) is 31.3 Å². The lowest BCUT2D eigenvalue weighted by molar-refractivity contribution is 0.282. The molecule has 0 saturated carbocycles. The number of aliphatic hydroxyl groups excluding tert-OH is 1. The molecule has 1 aliphatic heterocycles. The number of rotatable bonds is 5. The van der Waals surface area contributed by atoms with Crippen LogP contribution in [-0.4, -0.2) is 41.3 Å². The maximum Gasteiger partial charge on any atom is 0.260 e. The Morgan fingerprint density at radius 3 is 2.35 bits per heavy atom. The number of aromatic nitrogens is 2. The van der Waals surface area contributed by atoms with Gasteiger partial charge in [-0.25, -0.2) is 9.83 Å². The molecular weight excluding hydrogens is 390 g/mol. The number of hydrogen-bond acceptors (Lipinski definition) is 5. The lowest BCUT2D eigenvalue weighted by Crippen LogP contribution is -2.42. The monoisotopic (exact) mass is 415 g/mol. The normalized spacial score (nSPS) is 14.4. The molecule has 0 atom stereocenters. The fraction of sp³-hybridized carbons (Fsp3) is 0.292. The molecule has 2 heterocycles. The summed E-state index contributed by atoms with van der Waals surface area (Å²) in [7, 11) is 1.97. The Hall–Kier alpha value is -3.47. The van der Waals surface area contributed by atoms with E-state index >= 15 is 0 Å². The fourth-order valence-electron chi connectivity index (χ4n) is 3.94. The Morgan fingerprint density at radius 2 is 1.77 bits per heavy atom. The fourth-order valence-corrected chi connectivity index (χ4v) is 3.94. The zero-order valence-corrected chi connectivity index (χ0v) is 17.4. The highest BCUT2D eigenvalue weighted by atomic mass is 16.3. The molecule has 31 heavy (non-hydrogen) atoms. The lowest BCUT2D eigenvalue weighted by atomic mass is 9.99. The largest absolute Gasteiger partial charge is 0.392 e. The molecule has 0 unspecified atom stereocenters. The summed E-state index contributed by atoms with van der Waals surface area (Å²) in [4.78, 5) is 26.7. The molecule has 3 aromatic rings. The molecule has 0 amide bonds. The van der Waals surface area contributed by atoms with Gasteiger partial charge in [0.2, 0.25) is 5.95 Å². The molecule has 0 aliphatic carbocycles. The van der Waals surface area contributed by atoms with Crippen LogP contribution in [0.25, 0.3) is 27.2 Å². The number of H-pyrrole nitrogens is 1. The van der Waals surface area contributed by atoms with Crippen molar-refractivity contribution in [2.45, 2.75) is 25.5 Å². The van der Waals surface area contributed by atoms with E-state index in [1.54, 1.807) is 24.3 Å². The van der Waals surface area contributed by atoms with Crippen molar-refractivity contribution in [3.63, 3.8) is 0 Å². The molecule has 0 bridgehead atoms. The highest BCUT2D eigenvalue weighted by molar-refractivity contribution is 5.81. The third-order valence-electron chi connectivity index (χ3n) is 5.80. The first-order valence-corrected chi connectivity index (χ1v) is 10.4. The maximum absolute atomic E-state index is 13.2. The number of benzene rings is 2. The van der Waals surface area contributed by atoms with Gasteiger partial charge in [0.1, 0.15) is 0 Å². The van der Waals surface area contributed by atoms with Gasteiger partial charge in [0.25, 0.3) is 5.56 Å². The van der Waals surface area contributed by atoms with Crippen LogP contribution in [0.5, 0.6) is 0 Å². The number of nitrogens with one attached hydrogen (secondary N) is 2. The third kappa shape index (κ3) is 4.36. The van der Waals surface area contributed by atoms with E-state index in [2.05, 4.69) is 20.0 Å². The predicted octanol–water partition coefficient (Wildman–Crippen LogP) is 3.34. The van der Waals surface area contributed by atoms with Crippen LogP contribution >= 0.6 is 0 Å². The van der Waals surface area contributed by atoms with Crippen LogP contribution in [-0.2, 0) is 6.61 Å². The van der Waals surface area contributed by atoms with Gasteiger partial charge in [0.05, 0.1) is 24.4 Å². The smallest absolute Gasteiger partial charge is 0.260 e. The topological polar surface area (TPSA) is 85.6 Å². The predicted molar refractivity (Wildman–Crippen MR) is 122 cm³/mol. The highest BCUT2D eigenvalue weighted by Gasteiger charge is 2.22. The molecule has 0 radical (unpaired) electrons. The van der Waals surface area contributed by atoms with Crippen LogP contribution in [0.1, 0.15) is 18.4 Å². The van der Waals surface area contributed by atoms with Gasteiger partial charge >= 0.3 is 0 Å². The van der Waals surface area contributed by atoms with Crippen LogP contribution in [0.2, 0.25) is 0 Å². The van der Waals surface area contributed by atoms with Crippen molar-refractivity contribution in [3.05, 3.63) is 75.9 Å². The molecular formula is C24H25N5O2. The third-order valence-corrected chi connectivity index (χ3v) is 5.80. The molecule has 0 spiro atoms. The Labute approximate surface area is 181 Å². The van der Waals surface area contributed by atoms with Crippen molar-refractivity contribution in [1.29, 1.82) is 0 Å². The summed E-state index contributed by atoms with van der Waals surface area (Å²) in [5, 5.41) is 12.7. The van der Waals surface area contributed by atoms with Gasteiger partial charge in [0.15, 0.2) is 5.69 Å². The summed E-state index contributed by atoms with van der Waals surface area (Å²) in [6.45, 7) is 8.77. The SMILES string of the molecule is [C-]#[N+]c1ccc(-c2nc(N3CCC(NC)CC3)[nH]c(=O)c2-c2ccc(CO)cc2)cc1. The van der Waals surface area contributed by atoms with Crippen LogP contribution in [0.15, 0.2) is 53.3 Å². The van der Waals surface area contributed by atoms with Gasteiger partial charge in [-0.2, -0.15) is 0 Å². The first kappa shape index (κ1) is 20.8. The zero-order valence-electron chi connectivity index (χ0n) is 17.4.